The number of hydrogen-bond acceptors (Lipinski definition) is 7. The number of unbranched alkanes of at least 4 members (excludes halogenated alkanes) is 1. The van der Waals surface area contributed by atoms with E-state index in [4.69, 9.17) is 14.2 Å². The molecule has 1 fully saturated rings. The molecule has 2 aliphatic rings. The molecule has 2 aromatic carbocycles. The van der Waals surface area contributed by atoms with Crippen molar-refractivity contribution in [3.05, 3.63) is 53.6 Å². The Balaban J connectivity index is 1.28. The van der Waals surface area contributed by atoms with E-state index in [1.165, 1.54) is 0 Å². The Morgan fingerprint density at radius 2 is 1.66 bits per heavy atom. The fourth-order valence-electron chi connectivity index (χ4n) is 4.93. The van der Waals surface area contributed by atoms with Crippen LogP contribution >= 0.6 is 0 Å². The number of ether oxygens (including phenoxy) is 3. The Bertz CT molecular complexity index is 1060. The zero-order valence-corrected chi connectivity index (χ0v) is 22.5. The van der Waals surface area contributed by atoms with E-state index in [0.717, 1.165) is 31.7 Å². The minimum Gasteiger partial charge on any atom is -0.491 e. The van der Waals surface area contributed by atoms with Crippen LogP contribution in [0.25, 0.3) is 0 Å². The minimum absolute atomic E-state index is 0.0578. The summed E-state index contributed by atoms with van der Waals surface area (Å²) in [4.78, 5) is 27.7. The summed E-state index contributed by atoms with van der Waals surface area (Å²) in [6.07, 6.45) is 3.37. The van der Waals surface area contributed by atoms with E-state index < -0.39 is 12.1 Å². The minimum atomic E-state index is -0.875. The van der Waals surface area contributed by atoms with Crippen LogP contribution in [-0.4, -0.2) is 66.7 Å². The second-order valence-electron chi connectivity index (χ2n) is 10.4. The number of aliphatic hydroxyl groups excluding tert-OH is 1. The molecular formula is C30H40N2O6. The highest BCUT2D eigenvalue weighted by molar-refractivity contribution is 5.96. The number of benzene rings is 2. The molecule has 0 spiro atoms. The maximum absolute atomic E-state index is 12.9. The van der Waals surface area contributed by atoms with Gasteiger partial charge < -0.3 is 29.5 Å². The number of aliphatic hydroxyl groups is 1. The molecule has 38 heavy (non-hydrogen) atoms. The molecule has 2 heterocycles. The lowest BCUT2D eigenvalue weighted by Gasteiger charge is -2.29. The predicted molar refractivity (Wildman–Crippen MR) is 145 cm³/mol. The molecule has 1 saturated heterocycles. The SMILES string of the molecule is CC(C)Oc1ccc(C(=O)CCCCC(=O)N[C@H](CN2CCCC2)[C@@H](O)c2ccc3c(c2)OCCO3)cc1. The summed E-state index contributed by atoms with van der Waals surface area (Å²) in [5.41, 5.74) is 1.34. The van der Waals surface area contributed by atoms with Crippen molar-refractivity contribution in [3.63, 3.8) is 0 Å². The van der Waals surface area contributed by atoms with Crippen molar-refractivity contribution in [2.75, 3.05) is 32.8 Å². The zero-order chi connectivity index (χ0) is 26.9. The maximum Gasteiger partial charge on any atom is 0.220 e. The number of carbonyl (C=O) groups is 2. The number of rotatable bonds is 13. The highest BCUT2D eigenvalue weighted by atomic mass is 16.6. The van der Waals surface area contributed by atoms with Gasteiger partial charge in [-0.25, -0.2) is 0 Å². The number of Topliss-reactive ketones (excluding diaryl/α,β-unsaturated/α-hetero) is 1. The van der Waals surface area contributed by atoms with Crippen molar-refractivity contribution in [1.29, 1.82) is 0 Å². The molecule has 0 bridgehead atoms. The first-order chi connectivity index (χ1) is 18.4. The van der Waals surface area contributed by atoms with E-state index >= 15 is 0 Å². The lowest BCUT2D eigenvalue weighted by molar-refractivity contribution is -0.123. The van der Waals surface area contributed by atoms with Crippen LogP contribution < -0.4 is 19.5 Å². The van der Waals surface area contributed by atoms with Crippen molar-refractivity contribution >= 4 is 11.7 Å². The summed E-state index contributed by atoms with van der Waals surface area (Å²) in [5, 5.41) is 14.3. The fraction of sp³-hybridized carbons (Fsp3) is 0.533. The average molecular weight is 525 g/mol. The molecule has 0 saturated carbocycles. The van der Waals surface area contributed by atoms with Gasteiger partial charge in [-0.3, -0.25) is 9.59 Å². The zero-order valence-electron chi connectivity index (χ0n) is 22.5. The third kappa shape index (κ3) is 7.95. The van der Waals surface area contributed by atoms with Crippen LogP contribution in [0, 0.1) is 0 Å². The standard InChI is InChI=1S/C30H40N2O6/c1-21(2)38-24-12-9-22(10-13-24)26(33)7-3-4-8-29(34)31-25(20-32-15-5-6-16-32)30(35)23-11-14-27-28(19-23)37-18-17-36-27/h9-14,19,21,25,30,35H,3-8,15-18,20H2,1-2H3,(H,31,34)/t25-,30+/m1/s1. The Hall–Kier alpha value is -3.10. The van der Waals surface area contributed by atoms with Gasteiger partial charge in [-0.1, -0.05) is 6.07 Å². The van der Waals surface area contributed by atoms with E-state index in [0.29, 0.717) is 68.1 Å². The molecule has 8 heteroatoms. The third-order valence-corrected chi connectivity index (χ3v) is 6.89. The van der Waals surface area contributed by atoms with E-state index in [2.05, 4.69) is 10.2 Å². The van der Waals surface area contributed by atoms with Crippen molar-refractivity contribution in [2.45, 2.75) is 70.6 Å². The van der Waals surface area contributed by atoms with Crippen LogP contribution in [0.2, 0.25) is 0 Å². The molecule has 0 radical (unpaired) electrons. The first kappa shape index (κ1) is 27.9. The Morgan fingerprint density at radius 3 is 2.37 bits per heavy atom. The van der Waals surface area contributed by atoms with Crippen molar-refractivity contribution in [2.24, 2.45) is 0 Å². The van der Waals surface area contributed by atoms with Gasteiger partial charge in [0.2, 0.25) is 5.91 Å². The first-order valence-corrected chi connectivity index (χ1v) is 13.8. The van der Waals surface area contributed by atoms with Crippen LogP contribution in [-0.2, 0) is 4.79 Å². The summed E-state index contributed by atoms with van der Waals surface area (Å²) in [5.74, 6) is 1.97. The lowest BCUT2D eigenvalue weighted by atomic mass is 10.00. The quantitative estimate of drug-likeness (QED) is 0.298. The Morgan fingerprint density at radius 1 is 0.974 bits per heavy atom. The summed E-state index contributed by atoms with van der Waals surface area (Å²) in [6.45, 7) is 7.41. The van der Waals surface area contributed by atoms with Crippen LogP contribution in [0.4, 0.5) is 0 Å². The topological polar surface area (TPSA) is 97.3 Å². The largest absolute Gasteiger partial charge is 0.491 e. The summed E-state index contributed by atoms with van der Waals surface area (Å²) >= 11 is 0. The number of ketones is 1. The van der Waals surface area contributed by atoms with E-state index in [9.17, 15) is 14.7 Å². The van der Waals surface area contributed by atoms with Gasteiger partial charge in [-0.05, 0) is 94.6 Å². The summed E-state index contributed by atoms with van der Waals surface area (Å²) in [6, 6.07) is 12.2. The van der Waals surface area contributed by atoms with Gasteiger partial charge in [0.15, 0.2) is 17.3 Å². The van der Waals surface area contributed by atoms with Gasteiger partial charge in [0.05, 0.1) is 12.1 Å². The van der Waals surface area contributed by atoms with Gasteiger partial charge in [0, 0.05) is 24.9 Å². The molecule has 2 atom stereocenters. The molecule has 2 N–H and O–H groups in total. The lowest BCUT2D eigenvalue weighted by Crippen LogP contribution is -2.46. The Labute approximate surface area is 225 Å². The average Bonchev–Trinajstić information content (AvgIpc) is 3.43. The number of carbonyl (C=O) groups excluding carboxylic acids is 2. The number of likely N-dealkylation sites (tertiary alicyclic amines) is 1. The van der Waals surface area contributed by atoms with Gasteiger partial charge in [-0.15, -0.1) is 0 Å². The molecule has 206 valence electrons. The number of hydrogen-bond donors (Lipinski definition) is 2. The highest BCUT2D eigenvalue weighted by Gasteiger charge is 2.27. The van der Waals surface area contributed by atoms with Gasteiger partial charge in [-0.2, -0.15) is 0 Å². The Kier molecular flexibility index (Phi) is 10.0. The summed E-state index contributed by atoms with van der Waals surface area (Å²) < 4.78 is 16.9. The highest BCUT2D eigenvalue weighted by Crippen LogP contribution is 2.33. The predicted octanol–water partition coefficient (Wildman–Crippen LogP) is 4.30. The third-order valence-electron chi connectivity index (χ3n) is 6.89. The van der Waals surface area contributed by atoms with E-state index in [1.54, 1.807) is 18.2 Å². The second kappa shape index (κ2) is 13.6. The number of nitrogens with one attached hydrogen (secondary N) is 1. The number of nitrogens with zero attached hydrogens (tertiary/aromatic N) is 1. The van der Waals surface area contributed by atoms with Crippen LogP contribution in [0.5, 0.6) is 17.2 Å². The van der Waals surface area contributed by atoms with Crippen LogP contribution in [0.3, 0.4) is 0 Å². The molecule has 4 rings (SSSR count). The van der Waals surface area contributed by atoms with Gasteiger partial charge in [0.25, 0.3) is 0 Å². The summed E-state index contributed by atoms with van der Waals surface area (Å²) in [7, 11) is 0. The number of fused-ring (bicyclic) bond motifs is 1. The molecule has 1 amide bonds. The molecule has 0 unspecified atom stereocenters. The molecule has 8 nitrogen and oxygen atoms in total. The molecule has 0 aromatic heterocycles. The molecule has 0 aliphatic carbocycles. The van der Waals surface area contributed by atoms with Gasteiger partial charge >= 0.3 is 0 Å². The number of amides is 1. The smallest absolute Gasteiger partial charge is 0.220 e. The fourth-order valence-corrected chi connectivity index (χ4v) is 4.93. The monoisotopic (exact) mass is 524 g/mol. The molecular weight excluding hydrogens is 484 g/mol. The molecule has 2 aromatic rings. The van der Waals surface area contributed by atoms with Crippen LogP contribution in [0.1, 0.15) is 74.4 Å². The van der Waals surface area contributed by atoms with Gasteiger partial charge in [0.1, 0.15) is 25.1 Å². The second-order valence-corrected chi connectivity index (χ2v) is 10.4. The van der Waals surface area contributed by atoms with Crippen LogP contribution in [0.15, 0.2) is 42.5 Å². The maximum atomic E-state index is 12.9. The van der Waals surface area contributed by atoms with Crippen molar-refractivity contribution in [1.82, 2.24) is 10.2 Å². The first-order valence-electron chi connectivity index (χ1n) is 13.8. The van der Waals surface area contributed by atoms with Crippen molar-refractivity contribution < 1.29 is 28.9 Å². The van der Waals surface area contributed by atoms with E-state index in [-0.39, 0.29) is 17.8 Å². The normalized spacial score (nSPS) is 16.7. The van der Waals surface area contributed by atoms with E-state index in [1.807, 2.05) is 38.1 Å². The van der Waals surface area contributed by atoms with Crippen molar-refractivity contribution in [3.8, 4) is 17.2 Å². The molecule has 2 aliphatic heterocycles.